The van der Waals surface area contributed by atoms with Gasteiger partial charge in [0, 0.05) is 40.9 Å². The molecule has 0 aromatic heterocycles. The smallest absolute Gasteiger partial charge is 0.380 e. The first-order valence-corrected chi connectivity index (χ1v) is 11.7. The minimum Gasteiger partial charge on any atom is -0.380 e. The highest BCUT2D eigenvalue weighted by Crippen LogP contribution is 2.48. The molecule has 2 N–H and O–H groups in total. The molecule has 2 heterocycles. The Bertz CT molecular complexity index is 736. The maximum Gasteiger partial charge on any atom is 0.416 e. The van der Waals surface area contributed by atoms with Crippen LogP contribution in [0.5, 0.6) is 0 Å². The molecule has 1 aliphatic carbocycles. The van der Waals surface area contributed by atoms with E-state index in [-0.39, 0.29) is 11.6 Å². The van der Waals surface area contributed by atoms with Crippen molar-refractivity contribution >= 4 is 23.1 Å². The van der Waals surface area contributed by atoms with Gasteiger partial charge < -0.3 is 10.6 Å². The normalized spacial score (nSPS) is 26.4. The van der Waals surface area contributed by atoms with Crippen LogP contribution in [-0.2, 0) is 6.18 Å². The highest BCUT2D eigenvalue weighted by Gasteiger charge is 2.37. The zero-order chi connectivity index (χ0) is 20.8. The average Bonchev–Trinajstić information content (AvgIpc) is 2.65. The molecule has 0 spiro atoms. The molecule has 3 nitrogen and oxygen atoms in total. The molecule has 1 saturated carbocycles. The van der Waals surface area contributed by atoms with Gasteiger partial charge in [-0.05, 0) is 58.6 Å². The fourth-order valence-corrected chi connectivity index (χ4v) is 6.26. The lowest BCUT2D eigenvalue weighted by Crippen LogP contribution is -2.48. The number of nitrogens with zero attached hydrogens (tertiary/aromatic N) is 1. The Hall–Kier alpha value is -1.08. The van der Waals surface area contributed by atoms with Gasteiger partial charge in [-0.2, -0.15) is 13.2 Å². The van der Waals surface area contributed by atoms with Gasteiger partial charge in [0.25, 0.3) is 0 Å². The highest BCUT2D eigenvalue weighted by molar-refractivity contribution is 8.00. The van der Waals surface area contributed by atoms with Crippen LogP contribution in [0.25, 0.3) is 0 Å². The molecule has 7 heteroatoms. The molecule has 2 fully saturated rings. The number of benzene rings is 1. The van der Waals surface area contributed by atoms with E-state index in [4.69, 9.17) is 0 Å². The molecule has 2 aliphatic heterocycles. The van der Waals surface area contributed by atoms with Gasteiger partial charge in [-0.3, -0.25) is 4.90 Å². The van der Waals surface area contributed by atoms with Crippen molar-refractivity contribution in [3.8, 4) is 0 Å². The predicted octanol–water partition coefficient (Wildman–Crippen LogP) is 6.21. The van der Waals surface area contributed by atoms with Crippen molar-refractivity contribution in [2.75, 3.05) is 23.7 Å². The standard InChI is InChI=1S/C22H32F3N3S/c1-21(2,3)28-10-8-15(9-11-28)26-17-12-14(22(23,24)25)13-19-20(17)27-16-6-4-5-7-18(16)29-19/h12-13,15-16,18,26-27H,4-11H2,1-3H3. The molecule has 2 atom stereocenters. The van der Waals surface area contributed by atoms with Crippen molar-refractivity contribution in [1.82, 2.24) is 4.90 Å². The predicted molar refractivity (Wildman–Crippen MR) is 115 cm³/mol. The van der Waals surface area contributed by atoms with E-state index in [2.05, 4.69) is 36.3 Å². The summed E-state index contributed by atoms with van der Waals surface area (Å²) in [5.41, 5.74) is 1.09. The summed E-state index contributed by atoms with van der Waals surface area (Å²) in [6, 6.07) is 3.22. The van der Waals surface area contributed by atoms with E-state index in [1.807, 2.05) is 0 Å². The average molecular weight is 428 g/mol. The molecule has 0 radical (unpaired) electrons. The van der Waals surface area contributed by atoms with E-state index in [0.717, 1.165) is 49.4 Å². The van der Waals surface area contributed by atoms with Gasteiger partial charge in [0.2, 0.25) is 0 Å². The van der Waals surface area contributed by atoms with Gasteiger partial charge in [0.05, 0.1) is 16.9 Å². The molecule has 29 heavy (non-hydrogen) atoms. The number of nitrogens with one attached hydrogen (secondary N) is 2. The van der Waals surface area contributed by atoms with Gasteiger partial charge in [-0.15, -0.1) is 11.8 Å². The minimum absolute atomic E-state index is 0.133. The molecule has 1 aromatic rings. The Morgan fingerprint density at radius 1 is 1.03 bits per heavy atom. The number of thioether (sulfide) groups is 1. The number of anilines is 2. The summed E-state index contributed by atoms with van der Waals surface area (Å²) in [5.74, 6) is 0. The number of halogens is 3. The summed E-state index contributed by atoms with van der Waals surface area (Å²) < 4.78 is 40.7. The van der Waals surface area contributed by atoms with E-state index < -0.39 is 11.7 Å². The van der Waals surface area contributed by atoms with Gasteiger partial charge in [0.1, 0.15) is 0 Å². The number of rotatable bonds is 2. The van der Waals surface area contributed by atoms with Crippen LogP contribution in [0.3, 0.4) is 0 Å². The molecule has 0 bridgehead atoms. The Morgan fingerprint density at radius 2 is 1.72 bits per heavy atom. The van der Waals surface area contributed by atoms with Crippen LogP contribution in [-0.4, -0.2) is 40.9 Å². The molecule has 2 unspecified atom stereocenters. The van der Waals surface area contributed by atoms with Gasteiger partial charge in [-0.1, -0.05) is 12.8 Å². The summed E-state index contributed by atoms with van der Waals surface area (Å²) in [6.07, 6.45) is 2.10. The second-order valence-corrected chi connectivity index (χ2v) is 10.9. The van der Waals surface area contributed by atoms with Crippen LogP contribution < -0.4 is 10.6 Å². The number of alkyl halides is 3. The molecular formula is C22H32F3N3S. The third-order valence-corrected chi connectivity index (χ3v) is 7.99. The molecule has 3 aliphatic rings. The van der Waals surface area contributed by atoms with Crippen molar-refractivity contribution < 1.29 is 13.2 Å². The molecule has 1 aromatic carbocycles. The van der Waals surface area contributed by atoms with Crippen LogP contribution in [0.2, 0.25) is 0 Å². The third kappa shape index (κ3) is 4.66. The Balaban J connectivity index is 1.57. The van der Waals surface area contributed by atoms with Crippen molar-refractivity contribution in [2.45, 2.75) is 93.2 Å². The SMILES string of the molecule is CC(C)(C)N1CCC(Nc2cc(C(F)(F)F)cc3c2NC2CCCCC2S3)CC1. The molecule has 1 saturated heterocycles. The second-order valence-electron chi connectivity index (χ2n) is 9.66. The molecule has 162 valence electrons. The van der Waals surface area contributed by atoms with Crippen molar-refractivity contribution in [1.29, 1.82) is 0 Å². The van der Waals surface area contributed by atoms with Gasteiger partial charge in [0.15, 0.2) is 0 Å². The summed E-state index contributed by atoms with van der Waals surface area (Å²) in [6.45, 7) is 8.58. The lowest BCUT2D eigenvalue weighted by molar-refractivity contribution is -0.137. The second kappa shape index (κ2) is 7.88. The van der Waals surface area contributed by atoms with Gasteiger partial charge >= 0.3 is 6.18 Å². The molecular weight excluding hydrogens is 395 g/mol. The summed E-state index contributed by atoms with van der Waals surface area (Å²) in [5, 5.41) is 7.47. The topological polar surface area (TPSA) is 27.3 Å². The zero-order valence-corrected chi connectivity index (χ0v) is 18.3. The van der Waals surface area contributed by atoms with Crippen molar-refractivity contribution in [3.63, 3.8) is 0 Å². The quantitative estimate of drug-likeness (QED) is 0.587. The molecule has 0 amide bonds. The van der Waals surface area contributed by atoms with Crippen LogP contribution in [0, 0.1) is 0 Å². The van der Waals surface area contributed by atoms with E-state index in [0.29, 0.717) is 17.0 Å². The van der Waals surface area contributed by atoms with Crippen LogP contribution in [0.1, 0.15) is 64.9 Å². The van der Waals surface area contributed by atoms with E-state index >= 15 is 0 Å². The Morgan fingerprint density at radius 3 is 2.38 bits per heavy atom. The maximum absolute atomic E-state index is 13.6. The largest absolute Gasteiger partial charge is 0.416 e. The van der Waals surface area contributed by atoms with Crippen LogP contribution in [0.4, 0.5) is 24.5 Å². The third-order valence-electron chi connectivity index (χ3n) is 6.54. The lowest BCUT2D eigenvalue weighted by Gasteiger charge is -2.42. The minimum atomic E-state index is -4.33. The Labute approximate surface area is 176 Å². The van der Waals surface area contributed by atoms with Crippen molar-refractivity contribution in [2.24, 2.45) is 0 Å². The fraction of sp³-hybridized carbons (Fsp3) is 0.727. The first kappa shape index (κ1) is 21.2. The number of hydrogen-bond acceptors (Lipinski definition) is 4. The Kier molecular flexibility index (Phi) is 5.75. The highest BCUT2D eigenvalue weighted by atomic mass is 32.2. The van der Waals surface area contributed by atoms with Gasteiger partial charge in [-0.25, -0.2) is 0 Å². The van der Waals surface area contributed by atoms with E-state index in [1.165, 1.54) is 25.0 Å². The summed E-state index contributed by atoms with van der Waals surface area (Å²) in [7, 11) is 0. The number of hydrogen-bond donors (Lipinski definition) is 2. The van der Waals surface area contributed by atoms with E-state index in [1.54, 1.807) is 11.8 Å². The van der Waals surface area contributed by atoms with Crippen LogP contribution in [0.15, 0.2) is 17.0 Å². The van der Waals surface area contributed by atoms with Crippen LogP contribution >= 0.6 is 11.8 Å². The summed E-state index contributed by atoms with van der Waals surface area (Å²) >= 11 is 1.64. The lowest BCUT2D eigenvalue weighted by atomic mass is 9.94. The number of piperidine rings is 1. The first-order chi connectivity index (χ1) is 13.6. The zero-order valence-electron chi connectivity index (χ0n) is 17.5. The number of fused-ring (bicyclic) bond motifs is 2. The van der Waals surface area contributed by atoms with Crippen molar-refractivity contribution in [3.05, 3.63) is 17.7 Å². The first-order valence-electron chi connectivity index (χ1n) is 10.8. The monoisotopic (exact) mass is 427 g/mol. The number of likely N-dealkylation sites (tertiary alicyclic amines) is 1. The fourth-order valence-electron chi connectivity index (χ4n) is 4.80. The molecule has 4 rings (SSSR count). The van der Waals surface area contributed by atoms with E-state index in [9.17, 15) is 13.2 Å². The summed E-state index contributed by atoms with van der Waals surface area (Å²) in [4.78, 5) is 3.20. The maximum atomic E-state index is 13.6.